The van der Waals surface area contributed by atoms with Crippen LogP contribution in [-0.2, 0) is 19.1 Å². The Morgan fingerprint density at radius 3 is 2.07 bits per heavy atom. The highest BCUT2D eigenvalue weighted by Crippen LogP contribution is 2.54. The zero-order valence-electron chi connectivity index (χ0n) is 34.3. The van der Waals surface area contributed by atoms with Crippen molar-refractivity contribution in [3.8, 4) is 22.4 Å². The predicted octanol–water partition coefficient (Wildman–Crippen LogP) is 7.25. The first-order valence-electron chi connectivity index (χ1n) is 20.8. The highest BCUT2D eigenvalue weighted by atomic mass is 16.5. The molecule has 0 spiro atoms. The van der Waals surface area contributed by atoms with Gasteiger partial charge in [0, 0.05) is 17.5 Å². The topological polar surface area (TPSA) is 175 Å². The summed E-state index contributed by atoms with van der Waals surface area (Å²) in [6.45, 7) is 7.71. The lowest BCUT2D eigenvalue weighted by atomic mass is 9.95. The highest BCUT2D eigenvalue weighted by molar-refractivity contribution is 6.05. The van der Waals surface area contributed by atoms with Gasteiger partial charge in [0.1, 0.15) is 23.7 Å². The molecule has 2 bridgehead atoms. The average molecular weight is 801 g/mol. The summed E-state index contributed by atoms with van der Waals surface area (Å²) in [6, 6.07) is 17.5. The summed E-state index contributed by atoms with van der Waals surface area (Å²) in [5.74, 6) is 1.89. The molecular formula is C45H52N8O6. The first kappa shape index (κ1) is 38.6. The molecule has 14 heteroatoms. The van der Waals surface area contributed by atoms with Crippen molar-refractivity contribution in [3.05, 3.63) is 72.4 Å². The Hall–Kier alpha value is -5.92. The fourth-order valence-corrected chi connectivity index (χ4v) is 10.0. The third kappa shape index (κ3) is 6.85. The van der Waals surface area contributed by atoms with Crippen molar-refractivity contribution in [1.29, 1.82) is 0 Å². The molecule has 4 aliphatic rings. The second-order valence-electron chi connectivity index (χ2n) is 17.5. The Morgan fingerprint density at radius 2 is 1.39 bits per heavy atom. The van der Waals surface area contributed by atoms with Gasteiger partial charge in [-0.25, -0.2) is 19.6 Å². The molecule has 0 radical (unpaired) electrons. The van der Waals surface area contributed by atoms with Gasteiger partial charge in [0.25, 0.3) is 0 Å². The molecule has 308 valence electrons. The summed E-state index contributed by atoms with van der Waals surface area (Å²) in [5.41, 5.74) is 5.81. The van der Waals surface area contributed by atoms with Gasteiger partial charge in [-0.1, -0.05) is 70.2 Å². The Morgan fingerprint density at radius 1 is 0.729 bits per heavy atom. The molecule has 4 amide bonds. The van der Waals surface area contributed by atoms with Crippen molar-refractivity contribution < 1.29 is 28.7 Å². The molecule has 2 aliphatic heterocycles. The van der Waals surface area contributed by atoms with Gasteiger partial charge in [0.15, 0.2) is 0 Å². The third-order valence-electron chi connectivity index (χ3n) is 13.2. The number of nitrogens with zero attached hydrogens (tertiary/aromatic N) is 4. The molecule has 9 rings (SSSR count). The Labute approximate surface area is 342 Å². The molecule has 8 unspecified atom stereocenters. The van der Waals surface area contributed by atoms with E-state index in [1.165, 1.54) is 14.2 Å². The number of hydrogen-bond acceptors (Lipinski definition) is 8. The van der Waals surface area contributed by atoms with Crippen LogP contribution >= 0.6 is 0 Å². The van der Waals surface area contributed by atoms with Gasteiger partial charge < -0.3 is 39.9 Å². The monoisotopic (exact) mass is 800 g/mol. The summed E-state index contributed by atoms with van der Waals surface area (Å²) >= 11 is 0. The molecule has 14 nitrogen and oxygen atoms in total. The van der Waals surface area contributed by atoms with E-state index in [4.69, 9.17) is 19.4 Å². The third-order valence-corrected chi connectivity index (χ3v) is 13.2. The van der Waals surface area contributed by atoms with E-state index in [-0.39, 0.29) is 47.8 Å². The van der Waals surface area contributed by atoms with Crippen molar-refractivity contribution >= 4 is 45.8 Å². The van der Waals surface area contributed by atoms with Crippen LogP contribution in [0.1, 0.15) is 83.5 Å². The van der Waals surface area contributed by atoms with Crippen LogP contribution in [0.3, 0.4) is 0 Å². The molecule has 2 aliphatic carbocycles. The molecule has 4 fully saturated rings. The number of aromatic amines is 2. The zero-order valence-corrected chi connectivity index (χ0v) is 34.3. The van der Waals surface area contributed by atoms with Crippen molar-refractivity contribution in [2.24, 2.45) is 23.7 Å². The smallest absolute Gasteiger partial charge is 0.407 e. The van der Waals surface area contributed by atoms with Crippen molar-refractivity contribution in [2.45, 2.75) is 96.1 Å². The van der Waals surface area contributed by atoms with Crippen LogP contribution in [-0.4, -0.2) is 92.1 Å². The van der Waals surface area contributed by atoms with Gasteiger partial charge in [-0.2, -0.15) is 0 Å². The Balaban J connectivity index is 0.930. The quantitative estimate of drug-likeness (QED) is 0.114. The van der Waals surface area contributed by atoms with Gasteiger partial charge in [0.05, 0.1) is 49.2 Å². The Bertz CT molecular complexity index is 2440. The van der Waals surface area contributed by atoms with Crippen molar-refractivity contribution in [3.63, 3.8) is 0 Å². The standard InChI is InChI=1S/C45H52N8O6/c1-22(2)36(50-44(56)58-5)42(54)52-30-14-11-28(18-30)39(52)41-46-21-33(48-41)25-9-7-24(8-10-25)26-12-15-31-27(17-26)13-16-32-38(31)49-40(47-32)35-20-29-19-34(29)53(35)43(55)37(23(3)4)51-45(57)59-6/h7-10,12-13,15-17,21-23,28-30,34-37,39H,11,14,18-20H2,1-6H3,(H,46,48)(H,47,49)(H,50,56)(H,51,57). The molecule has 2 saturated heterocycles. The number of likely N-dealkylation sites (tertiary alicyclic amines) is 2. The molecule has 2 saturated carbocycles. The number of carbonyl (C=O) groups is 4. The summed E-state index contributed by atoms with van der Waals surface area (Å²) in [4.78, 5) is 73.0. The van der Waals surface area contributed by atoms with E-state index in [0.29, 0.717) is 11.8 Å². The number of nitrogens with one attached hydrogen (secondary N) is 4. The maximum Gasteiger partial charge on any atom is 0.407 e. The second kappa shape index (κ2) is 15.0. The molecule has 5 aromatic rings. The first-order chi connectivity index (χ1) is 28.4. The minimum Gasteiger partial charge on any atom is -0.453 e. The van der Waals surface area contributed by atoms with Crippen LogP contribution in [0.25, 0.3) is 44.2 Å². The van der Waals surface area contributed by atoms with E-state index in [0.717, 1.165) is 87.9 Å². The molecule has 59 heavy (non-hydrogen) atoms. The van der Waals surface area contributed by atoms with E-state index in [1.807, 2.05) is 49.8 Å². The minimum atomic E-state index is -0.684. The second-order valence-corrected chi connectivity index (χ2v) is 17.5. The maximum absolute atomic E-state index is 14.0. The van der Waals surface area contributed by atoms with E-state index in [1.54, 1.807) is 0 Å². The highest BCUT2D eigenvalue weighted by Gasteiger charge is 2.56. The van der Waals surface area contributed by atoms with Crippen LogP contribution in [0.2, 0.25) is 0 Å². The number of hydrogen-bond donors (Lipinski definition) is 4. The SMILES string of the molecule is COC(=O)NC(C(=O)N1C(c2nc3ccc4cc(-c5ccc(-c6cnc(C7C8CCC(C8)N7C(=O)C(NC(=O)OC)C(C)C)[nH]6)cc5)ccc4c3[nH]2)CC2CC21)C(C)C. The van der Waals surface area contributed by atoms with Gasteiger partial charge in [-0.05, 0) is 90.0 Å². The Kier molecular flexibility index (Phi) is 9.83. The lowest BCUT2D eigenvalue weighted by Crippen LogP contribution is -2.54. The number of ether oxygens (including phenoxy) is 2. The number of rotatable bonds is 10. The number of piperidine rings is 2. The summed E-state index contributed by atoms with van der Waals surface area (Å²) < 4.78 is 9.65. The lowest BCUT2D eigenvalue weighted by molar-refractivity contribution is -0.139. The number of carbonyl (C=O) groups excluding carboxylic acids is 4. The van der Waals surface area contributed by atoms with Gasteiger partial charge in [0.2, 0.25) is 11.8 Å². The molecule has 4 heterocycles. The van der Waals surface area contributed by atoms with Crippen LogP contribution in [0.5, 0.6) is 0 Å². The van der Waals surface area contributed by atoms with Gasteiger partial charge in [-0.3, -0.25) is 9.59 Å². The maximum atomic E-state index is 14.0. The molecular weight excluding hydrogens is 749 g/mol. The molecule has 8 atom stereocenters. The number of benzene rings is 3. The van der Waals surface area contributed by atoms with Crippen LogP contribution in [0.4, 0.5) is 9.59 Å². The van der Waals surface area contributed by atoms with Crippen LogP contribution in [0.15, 0.2) is 60.8 Å². The molecule has 3 aromatic carbocycles. The summed E-state index contributed by atoms with van der Waals surface area (Å²) in [5, 5.41) is 7.64. The number of imidazole rings is 2. The fraction of sp³-hybridized carbons (Fsp3) is 0.467. The molecule has 2 aromatic heterocycles. The zero-order chi connectivity index (χ0) is 41.3. The number of aromatic nitrogens is 4. The van der Waals surface area contributed by atoms with E-state index in [2.05, 4.69) is 69.1 Å². The average Bonchev–Trinajstić information content (AvgIpc) is 3.86. The minimum absolute atomic E-state index is 0.0936. The number of alkyl carbamates (subject to hydrolysis) is 2. The largest absolute Gasteiger partial charge is 0.453 e. The van der Waals surface area contributed by atoms with Crippen LogP contribution in [0, 0.1) is 23.7 Å². The fourth-order valence-electron chi connectivity index (χ4n) is 10.0. The van der Waals surface area contributed by atoms with Crippen molar-refractivity contribution in [2.75, 3.05) is 14.2 Å². The van der Waals surface area contributed by atoms with E-state index in [9.17, 15) is 19.2 Å². The predicted molar refractivity (Wildman–Crippen MR) is 222 cm³/mol. The van der Waals surface area contributed by atoms with Crippen molar-refractivity contribution in [1.82, 2.24) is 40.4 Å². The first-order valence-corrected chi connectivity index (χ1v) is 20.8. The lowest BCUT2D eigenvalue weighted by Gasteiger charge is -2.37. The van der Waals surface area contributed by atoms with Crippen LogP contribution < -0.4 is 10.6 Å². The number of H-pyrrole nitrogens is 2. The van der Waals surface area contributed by atoms with E-state index < -0.39 is 24.3 Å². The number of fused-ring (bicyclic) bond motifs is 6. The normalized spacial score (nSPS) is 24.1. The number of amides is 4. The van der Waals surface area contributed by atoms with Gasteiger partial charge in [-0.15, -0.1) is 0 Å². The number of methoxy groups -OCH3 is 2. The molecule has 4 N–H and O–H groups in total. The van der Waals surface area contributed by atoms with Gasteiger partial charge >= 0.3 is 12.2 Å². The summed E-state index contributed by atoms with van der Waals surface area (Å²) in [7, 11) is 2.61. The summed E-state index contributed by atoms with van der Waals surface area (Å²) in [6.07, 6.45) is 5.36. The van der Waals surface area contributed by atoms with E-state index >= 15 is 0 Å².